The molecule has 0 saturated heterocycles. The van der Waals surface area contributed by atoms with Gasteiger partial charge in [-0.2, -0.15) is 14.7 Å². The summed E-state index contributed by atoms with van der Waals surface area (Å²) in [6, 6.07) is 6.16. The van der Waals surface area contributed by atoms with E-state index in [0.29, 0.717) is 15.8 Å². The molecule has 0 aliphatic carbocycles. The summed E-state index contributed by atoms with van der Waals surface area (Å²) in [4.78, 5) is 22.0. The first kappa shape index (κ1) is 11.5. The van der Waals surface area contributed by atoms with Gasteiger partial charge in [0.25, 0.3) is 0 Å². The Morgan fingerprint density at radius 2 is 2.21 bits per heavy atom. The van der Waals surface area contributed by atoms with Crippen LogP contribution in [-0.4, -0.2) is 30.9 Å². The SMILES string of the molecule is O=C(O)c1ccc(Sc2ccc3n[nH]c(=O)n3n2)o1. The summed E-state index contributed by atoms with van der Waals surface area (Å²) >= 11 is 1.11. The lowest BCUT2D eigenvalue weighted by atomic mass is 10.5. The monoisotopic (exact) mass is 278 g/mol. The molecule has 0 fully saturated rings. The summed E-state index contributed by atoms with van der Waals surface area (Å²) in [5.41, 5.74) is -0.0388. The van der Waals surface area contributed by atoms with Crippen LogP contribution in [0.2, 0.25) is 0 Å². The molecule has 0 radical (unpaired) electrons. The van der Waals surface area contributed by atoms with Gasteiger partial charge in [-0.1, -0.05) is 0 Å². The number of carboxylic acid groups (broad SMARTS) is 1. The number of furan rings is 1. The summed E-state index contributed by atoms with van der Waals surface area (Å²) in [6.07, 6.45) is 0. The van der Waals surface area contributed by atoms with Crippen molar-refractivity contribution in [1.82, 2.24) is 19.8 Å². The van der Waals surface area contributed by atoms with E-state index in [9.17, 15) is 9.59 Å². The molecule has 3 aromatic heterocycles. The lowest BCUT2D eigenvalue weighted by molar-refractivity contribution is 0.0656. The highest BCUT2D eigenvalue weighted by atomic mass is 32.2. The molecule has 9 heteroatoms. The minimum absolute atomic E-state index is 0.149. The molecule has 96 valence electrons. The largest absolute Gasteiger partial charge is 0.475 e. The lowest BCUT2D eigenvalue weighted by Gasteiger charge is -1.97. The number of carbonyl (C=O) groups is 1. The van der Waals surface area contributed by atoms with E-state index in [1.807, 2.05) is 0 Å². The fraction of sp³-hybridized carbons (Fsp3) is 0. The molecular weight excluding hydrogens is 272 g/mol. The van der Waals surface area contributed by atoms with Gasteiger partial charge in [0.05, 0.1) is 0 Å². The van der Waals surface area contributed by atoms with Crippen molar-refractivity contribution in [2.24, 2.45) is 0 Å². The van der Waals surface area contributed by atoms with Gasteiger partial charge in [-0.05, 0) is 36.0 Å². The Labute approximate surface area is 109 Å². The Morgan fingerprint density at radius 1 is 1.37 bits per heavy atom. The highest BCUT2D eigenvalue weighted by Gasteiger charge is 2.11. The summed E-state index contributed by atoms with van der Waals surface area (Å²) in [5.74, 6) is -1.29. The smallest absolute Gasteiger partial charge is 0.371 e. The zero-order chi connectivity index (χ0) is 13.4. The molecule has 0 saturated carbocycles. The van der Waals surface area contributed by atoms with E-state index in [0.717, 1.165) is 16.3 Å². The van der Waals surface area contributed by atoms with Crippen molar-refractivity contribution in [3.05, 3.63) is 40.5 Å². The second-order valence-corrected chi connectivity index (χ2v) is 4.52. The number of aromatic amines is 1. The third-order valence-corrected chi connectivity index (χ3v) is 3.09. The zero-order valence-electron chi connectivity index (χ0n) is 9.23. The first-order chi connectivity index (χ1) is 9.13. The van der Waals surface area contributed by atoms with Crippen LogP contribution in [0.4, 0.5) is 0 Å². The standard InChI is InChI=1S/C10H6N4O4S/c15-9(16)5-1-4-8(18-5)19-7-3-2-6-11-12-10(17)14(6)13-7/h1-4H,(H,12,17)(H,15,16). The van der Waals surface area contributed by atoms with Crippen LogP contribution in [0.25, 0.3) is 5.65 Å². The van der Waals surface area contributed by atoms with Gasteiger partial charge in [-0.15, -0.1) is 0 Å². The van der Waals surface area contributed by atoms with Crippen molar-refractivity contribution >= 4 is 23.4 Å². The van der Waals surface area contributed by atoms with Gasteiger partial charge in [0.2, 0.25) is 5.76 Å². The van der Waals surface area contributed by atoms with Gasteiger partial charge in [-0.3, -0.25) is 0 Å². The Kier molecular flexibility index (Phi) is 2.60. The second-order valence-electron chi connectivity index (χ2n) is 3.50. The number of fused-ring (bicyclic) bond motifs is 1. The van der Waals surface area contributed by atoms with Crippen LogP contribution in [0, 0.1) is 0 Å². The van der Waals surface area contributed by atoms with Gasteiger partial charge in [0.15, 0.2) is 10.7 Å². The lowest BCUT2D eigenvalue weighted by Crippen LogP contribution is -2.12. The fourth-order valence-electron chi connectivity index (χ4n) is 1.43. The van der Waals surface area contributed by atoms with Crippen molar-refractivity contribution in [2.45, 2.75) is 10.1 Å². The van der Waals surface area contributed by atoms with Crippen molar-refractivity contribution in [1.29, 1.82) is 0 Å². The molecule has 2 N–H and O–H groups in total. The van der Waals surface area contributed by atoms with Crippen LogP contribution < -0.4 is 5.69 Å². The third kappa shape index (κ3) is 2.10. The highest BCUT2D eigenvalue weighted by molar-refractivity contribution is 7.99. The van der Waals surface area contributed by atoms with E-state index in [4.69, 9.17) is 9.52 Å². The maximum absolute atomic E-state index is 11.3. The number of aromatic carboxylic acids is 1. The molecule has 3 heterocycles. The topological polar surface area (TPSA) is 113 Å². The molecule has 3 aromatic rings. The predicted molar refractivity (Wildman–Crippen MR) is 63.4 cm³/mol. The molecule has 0 spiro atoms. The first-order valence-electron chi connectivity index (χ1n) is 5.09. The number of nitrogens with one attached hydrogen (secondary N) is 1. The minimum Gasteiger partial charge on any atom is -0.475 e. The maximum Gasteiger partial charge on any atom is 0.371 e. The second kappa shape index (κ2) is 4.28. The normalized spacial score (nSPS) is 10.9. The molecule has 0 amide bonds. The summed E-state index contributed by atoms with van der Waals surface area (Å²) in [7, 11) is 0. The first-order valence-corrected chi connectivity index (χ1v) is 5.90. The minimum atomic E-state index is -1.14. The molecule has 0 aliphatic rings. The van der Waals surface area contributed by atoms with E-state index in [-0.39, 0.29) is 5.76 Å². The van der Waals surface area contributed by atoms with Crippen LogP contribution in [-0.2, 0) is 0 Å². The Hall–Kier alpha value is -2.55. The van der Waals surface area contributed by atoms with Gasteiger partial charge in [0.1, 0.15) is 5.03 Å². The molecular formula is C10H6N4O4S. The van der Waals surface area contributed by atoms with E-state index in [1.54, 1.807) is 12.1 Å². The van der Waals surface area contributed by atoms with E-state index < -0.39 is 11.7 Å². The molecule has 0 atom stereocenters. The number of nitrogens with zero attached hydrogens (tertiary/aromatic N) is 3. The summed E-state index contributed by atoms with van der Waals surface area (Å²) in [6.45, 7) is 0. The van der Waals surface area contributed by atoms with Crippen LogP contribution >= 0.6 is 11.8 Å². The Morgan fingerprint density at radius 3 is 2.95 bits per heavy atom. The number of rotatable bonds is 3. The van der Waals surface area contributed by atoms with E-state index >= 15 is 0 Å². The number of hydrogen-bond donors (Lipinski definition) is 2. The molecule has 8 nitrogen and oxygen atoms in total. The average molecular weight is 278 g/mol. The van der Waals surface area contributed by atoms with Crippen molar-refractivity contribution in [3.8, 4) is 0 Å². The summed E-state index contributed by atoms with van der Waals surface area (Å²) in [5, 5.41) is 19.7. The van der Waals surface area contributed by atoms with Crippen LogP contribution in [0.3, 0.4) is 0 Å². The molecule has 19 heavy (non-hydrogen) atoms. The maximum atomic E-state index is 11.3. The molecule has 0 bridgehead atoms. The van der Waals surface area contributed by atoms with Crippen LogP contribution in [0.5, 0.6) is 0 Å². The van der Waals surface area contributed by atoms with E-state index in [1.165, 1.54) is 12.1 Å². The van der Waals surface area contributed by atoms with Crippen molar-refractivity contribution in [3.63, 3.8) is 0 Å². The van der Waals surface area contributed by atoms with Crippen molar-refractivity contribution in [2.75, 3.05) is 0 Å². The predicted octanol–water partition coefficient (Wildman–Crippen LogP) is 0.860. The average Bonchev–Trinajstić information content (AvgIpc) is 2.98. The van der Waals surface area contributed by atoms with Gasteiger partial charge >= 0.3 is 11.7 Å². The number of H-pyrrole nitrogens is 1. The van der Waals surface area contributed by atoms with Crippen molar-refractivity contribution < 1.29 is 14.3 Å². The number of aromatic nitrogens is 4. The van der Waals surface area contributed by atoms with Gasteiger partial charge in [0, 0.05) is 0 Å². The zero-order valence-corrected chi connectivity index (χ0v) is 10.0. The molecule has 0 aromatic carbocycles. The van der Waals surface area contributed by atoms with Crippen LogP contribution in [0.1, 0.15) is 10.6 Å². The number of carboxylic acids is 1. The molecule has 0 aliphatic heterocycles. The summed E-state index contributed by atoms with van der Waals surface area (Å²) < 4.78 is 6.20. The van der Waals surface area contributed by atoms with Crippen LogP contribution in [0.15, 0.2) is 43.6 Å². The Bertz CT molecular complexity index is 818. The van der Waals surface area contributed by atoms with E-state index in [2.05, 4.69) is 15.3 Å². The quantitative estimate of drug-likeness (QED) is 0.730. The van der Waals surface area contributed by atoms with Gasteiger partial charge in [-0.25, -0.2) is 14.7 Å². The fourth-order valence-corrected chi connectivity index (χ4v) is 2.17. The molecule has 3 rings (SSSR count). The highest BCUT2D eigenvalue weighted by Crippen LogP contribution is 2.27. The number of hydrogen-bond acceptors (Lipinski definition) is 6. The van der Waals surface area contributed by atoms with Gasteiger partial charge < -0.3 is 9.52 Å². The third-order valence-electron chi connectivity index (χ3n) is 2.25. The molecule has 0 unspecified atom stereocenters. The Balaban J connectivity index is 1.93.